The monoisotopic (exact) mass is 297 g/mol. The summed E-state index contributed by atoms with van der Waals surface area (Å²) in [5.41, 5.74) is 1.93. The molecule has 0 aromatic carbocycles. The van der Waals surface area contributed by atoms with Gasteiger partial charge in [0.15, 0.2) is 0 Å². The minimum absolute atomic E-state index is 0.320. The highest BCUT2D eigenvalue weighted by atomic mass is 32.2. The molecule has 0 aliphatic heterocycles. The Morgan fingerprint density at radius 3 is 2.85 bits per heavy atom. The van der Waals surface area contributed by atoms with Crippen LogP contribution in [0.3, 0.4) is 0 Å². The van der Waals surface area contributed by atoms with Gasteiger partial charge in [0.25, 0.3) is 0 Å². The Bertz CT molecular complexity index is 468. The van der Waals surface area contributed by atoms with Crippen LogP contribution in [0, 0.1) is 6.92 Å². The van der Waals surface area contributed by atoms with Crippen LogP contribution < -0.4 is 10.6 Å². The van der Waals surface area contributed by atoms with Gasteiger partial charge in [0.1, 0.15) is 6.04 Å². The molecule has 6 nitrogen and oxygen atoms in total. The summed E-state index contributed by atoms with van der Waals surface area (Å²) in [6.07, 6.45) is 5.65. The van der Waals surface area contributed by atoms with E-state index in [-0.39, 0.29) is 0 Å². The molecule has 1 rings (SSSR count). The molecular weight excluding hydrogens is 278 g/mol. The third-order valence-electron chi connectivity index (χ3n) is 2.80. The maximum Gasteiger partial charge on any atom is 0.326 e. The number of aryl methyl sites for hydroxylation is 1. The van der Waals surface area contributed by atoms with Crippen LogP contribution in [0.2, 0.25) is 0 Å². The normalized spacial score (nSPS) is 11.7. The Morgan fingerprint density at radius 1 is 1.50 bits per heavy atom. The number of urea groups is 1. The van der Waals surface area contributed by atoms with Gasteiger partial charge in [-0.1, -0.05) is 0 Å². The van der Waals surface area contributed by atoms with Crippen LogP contribution in [-0.4, -0.2) is 40.1 Å². The Labute approximate surface area is 122 Å². The molecule has 0 unspecified atom stereocenters. The molecule has 0 saturated carbocycles. The van der Waals surface area contributed by atoms with E-state index in [1.54, 1.807) is 24.2 Å². The quantitative estimate of drug-likeness (QED) is 0.707. The van der Waals surface area contributed by atoms with E-state index in [0.717, 1.165) is 11.1 Å². The molecular formula is C13H19N3O3S. The van der Waals surface area contributed by atoms with Crippen molar-refractivity contribution in [2.24, 2.45) is 0 Å². The van der Waals surface area contributed by atoms with E-state index < -0.39 is 18.0 Å². The zero-order valence-corrected chi connectivity index (χ0v) is 12.4. The number of carboxylic acid groups (broad SMARTS) is 1. The van der Waals surface area contributed by atoms with Crippen LogP contribution in [-0.2, 0) is 11.3 Å². The molecule has 0 radical (unpaired) electrons. The summed E-state index contributed by atoms with van der Waals surface area (Å²) in [7, 11) is 0. The van der Waals surface area contributed by atoms with Crippen molar-refractivity contribution in [3.8, 4) is 0 Å². The van der Waals surface area contributed by atoms with Crippen LogP contribution in [0.4, 0.5) is 4.79 Å². The first-order valence-corrected chi connectivity index (χ1v) is 7.59. The van der Waals surface area contributed by atoms with Gasteiger partial charge in [0.05, 0.1) is 0 Å². The van der Waals surface area contributed by atoms with Crippen LogP contribution in [0.1, 0.15) is 17.5 Å². The first-order valence-electron chi connectivity index (χ1n) is 6.20. The van der Waals surface area contributed by atoms with Crippen molar-refractivity contribution >= 4 is 23.8 Å². The summed E-state index contributed by atoms with van der Waals surface area (Å²) in [4.78, 5) is 26.7. The van der Waals surface area contributed by atoms with Crippen molar-refractivity contribution in [2.45, 2.75) is 25.9 Å². The average Bonchev–Trinajstić information content (AvgIpc) is 2.42. The Balaban J connectivity index is 2.46. The van der Waals surface area contributed by atoms with Crippen molar-refractivity contribution in [2.75, 3.05) is 12.0 Å². The van der Waals surface area contributed by atoms with Crippen molar-refractivity contribution in [3.05, 3.63) is 29.6 Å². The number of carboxylic acids is 1. The molecule has 0 bridgehead atoms. The summed E-state index contributed by atoms with van der Waals surface area (Å²) >= 11 is 1.54. The van der Waals surface area contributed by atoms with Crippen molar-refractivity contribution in [3.63, 3.8) is 0 Å². The lowest BCUT2D eigenvalue weighted by Crippen LogP contribution is -2.46. The van der Waals surface area contributed by atoms with Crippen molar-refractivity contribution in [1.82, 2.24) is 15.6 Å². The molecule has 1 atom stereocenters. The molecule has 20 heavy (non-hydrogen) atoms. The lowest BCUT2D eigenvalue weighted by atomic mass is 10.1. The molecule has 0 saturated heterocycles. The number of rotatable bonds is 7. The van der Waals surface area contributed by atoms with E-state index in [2.05, 4.69) is 15.6 Å². The maximum atomic E-state index is 11.7. The van der Waals surface area contributed by atoms with Crippen LogP contribution >= 0.6 is 11.8 Å². The highest BCUT2D eigenvalue weighted by Gasteiger charge is 2.19. The molecule has 1 aromatic rings. The van der Waals surface area contributed by atoms with Crippen LogP contribution in [0.5, 0.6) is 0 Å². The molecule has 0 aliphatic carbocycles. The molecule has 0 aliphatic rings. The molecule has 0 fully saturated rings. The van der Waals surface area contributed by atoms with E-state index in [0.29, 0.717) is 18.7 Å². The molecule has 7 heteroatoms. The maximum absolute atomic E-state index is 11.7. The summed E-state index contributed by atoms with van der Waals surface area (Å²) in [5, 5.41) is 14.1. The predicted octanol–water partition coefficient (Wildman–Crippen LogP) is 1.40. The van der Waals surface area contributed by atoms with E-state index in [1.807, 2.05) is 19.2 Å². The number of carbonyl (C=O) groups is 2. The van der Waals surface area contributed by atoms with Crippen molar-refractivity contribution in [1.29, 1.82) is 0 Å². The summed E-state index contributed by atoms with van der Waals surface area (Å²) in [5.74, 6) is -0.342. The first kappa shape index (κ1) is 16.3. The fourth-order valence-electron chi connectivity index (χ4n) is 1.56. The first-order chi connectivity index (χ1) is 9.54. The lowest BCUT2D eigenvalue weighted by Gasteiger charge is -2.15. The number of hydrogen-bond donors (Lipinski definition) is 3. The minimum Gasteiger partial charge on any atom is -0.480 e. The molecule has 2 amide bonds. The SMILES string of the molecule is CSCC[C@@H](NC(=O)NCc1cnccc1C)C(=O)O. The van der Waals surface area contributed by atoms with Gasteiger partial charge in [-0.2, -0.15) is 11.8 Å². The van der Waals surface area contributed by atoms with E-state index in [1.165, 1.54) is 0 Å². The number of nitrogens with one attached hydrogen (secondary N) is 2. The zero-order chi connectivity index (χ0) is 15.0. The largest absolute Gasteiger partial charge is 0.480 e. The molecule has 1 aromatic heterocycles. The summed E-state index contributed by atoms with van der Waals surface area (Å²) in [6.45, 7) is 2.25. The number of pyridine rings is 1. The Morgan fingerprint density at radius 2 is 2.25 bits per heavy atom. The highest BCUT2D eigenvalue weighted by Crippen LogP contribution is 2.04. The highest BCUT2D eigenvalue weighted by molar-refractivity contribution is 7.98. The lowest BCUT2D eigenvalue weighted by molar-refractivity contribution is -0.139. The number of hydrogen-bond acceptors (Lipinski definition) is 4. The van der Waals surface area contributed by atoms with Gasteiger partial charge in [0.2, 0.25) is 0 Å². The number of aliphatic carboxylic acids is 1. The standard InChI is InChI=1S/C13H19N3O3S/c1-9-3-5-14-7-10(9)8-15-13(19)16-11(12(17)18)4-6-20-2/h3,5,7,11H,4,6,8H2,1-2H3,(H,17,18)(H2,15,16,19)/t11-/m1/s1. The van der Waals surface area contributed by atoms with Gasteiger partial charge in [0, 0.05) is 18.9 Å². The van der Waals surface area contributed by atoms with Gasteiger partial charge in [-0.05, 0) is 42.5 Å². The Kier molecular flexibility index (Phi) is 6.86. The molecule has 1 heterocycles. The minimum atomic E-state index is -1.02. The van der Waals surface area contributed by atoms with E-state index in [4.69, 9.17) is 5.11 Å². The summed E-state index contributed by atoms with van der Waals surface area (Å²) < 4.78 is 0. The van der Waals surface area contributed by atoms with Crippen LogP contribution in [0.15, 0.2) is 18.5 Å². The fraction of sp³-hybridized carbons (Fsp3) is 0.462. The average molecular weight is 297 g/mol. The molecule has 3 N–H and O–H groups in total. The van der Waals surface area contributed by atoms with E-state index >= 15 is 0 Å². The van der Waals surface area contributed by atoms with Gasteiger partial charge in [-0.15, -0.1) is 0 Å². The third-order valence-corrected chi connectivity index (χ3v) is 3.44. The summed E-state index contributed by atoms with van der Waals surface area (Å²) in [6, 6.07) is 0.507. The number of thioether (sulfide) groups is 1. The van der Waals surface area contributed by atoms with Crippen molar-refractivity contribution < 1.29 is 14.7 Å². The van der Waals surface area contributed by atoms with Gasteiger partial charge in [-0.3, -0.25) is 4.98 Å². The Hall–Kier alpha value is -1.76. The smallest absolute Gasteiger partial charge is 0.326 e. The number of amides is 2. The number of aromatic nitrogens is 1. The predicted molar refractivity (Wildman–Crippen MR) is 78.8 cm³/mol. The van der Waals surface area contributed by atoms with Gasteiger partial charge in [-0.25, -0.2) is 9.59 Å². The second kappa shape index (κ2) is 8.42. The topological polar surface area (TPSA) is 91.3 Å². The third kappa shape index (κ3) is 5.48. The van der Waals surface area contributed by atoms with Gasteiger partial charge < -0.3 is 15.7 Å². The molecule has 110 valence electrons. The van der Waals surface area contributed by atoms with Gasteiger partial charge >= 0.3 is 12.0 Å². The number of carbonyl (C=O) groups excluding carboxylic acids is 1. The second-order valence-electron chi connectivity index (χ2n) is 4.30. The zero-order valence-electron chi connectivity index (χ0n) is 11.5. The van der Waals surface area contributed by atoms with Crippen LogP contribution in [0.25, 0.3) is 0 Å². The number of nitrogens with zero attached hydrogens (tertiary/aromatic N) is 1. The van der Waals surface area contributed by atoms with E-state index in [9.17, 15) is 9.59 Å². The molecule has 0 spiro atoms. The fourth-order valence-corrected chi connectivity index (χ4v) is 2.03. The second-order valence-corrected chi connectivity index (χ2v) is 5.29.